The van der Waals surface area contributed by atoms with Crippen molar-refractivity contribution >= 4 is 11.7 Å². The third-order valence-electron chi connectivity index (χ3n) is 5.43. The van der Waals surface area contributed by atoms with E-state index >= 15 is 0 Å². The minimum atomic E-state index is -0.481. The molecular formula is C20H19NO2. The number of amides is 1. The van der Waals surface area contributed by atoms with Crippen LogP contribution in [-0.4, -0.2) is 22.6 Å². The predicted octanol–water partition coefficient (Wildman–Crippen LogP) is 3.19. The lowest BCUT2D eigenvalue weighted by Crippen LogP contribution is -2.45. The van der Waals surface area contributed by atoms with Gasteiger partial charge in [-0.3, -0.25) is 9.59 Å². The molecule has 3 heteroatoms. The van der Waals surface area contributed by atoms with Crippen LogP contribution in [0.3, 0.4) is 0 Å². The summed E-state index contributed by atoms with van der Waals surface area (Å²) in [4.78, 5) is 27.4. The number of rotatable bonds is 2. The molecule has 1 amide bonds. The van der Waals surface area contributed by atoms with E-state index in [0.717, 1.165) is 23.1 Å². The molecule has 0 unspecified atom stereocenters. The van der Waals surface area contributed by atoms with Gasteiger partial charge < -0.3 is 4.90 Å². The van der Waals surface area contributed by atoms with E-state index in [1.165, 1.54) is 0 Å². The topological polar surface area (TPSA) is 37.4 Å². The van der Waals surface area contributed by atoms with E-state index < -0.39 is 5.41 Å². The largest absolute Gasteiger partial charge is 0.330 e. The first-order valence-corrected chi connectivity index (χ1v) is 8.10. The number of ketones is 1. The van der Waals surface area contributed by atoms with Gasteiger partial charge in [0, 0.05) is 35.6 Å². The molecule has 4 rings (SSSR count). The minimum absolute atomic E-state index is 0.0605. The van der Waals surface area contributed by atoms with Gasteiger partial charge in [0.1, 0.15) is 0 Å². The normalized spacial score (nSPS) is 29.1. The zero-order valence-electron chi connectivity index (χ0n) is 13.2. The highest BCUT2D eigenvalue weighted by Crippen LogP contribution is 2.53. The number of hydrogen-bond acceptors (Lipinski definition) is 2. The molecule has 1 aromatic carbocycles. The number of hydrogen-bond donors (Lipinski definition) is 0. The summed E-state index contributed by atoms with van der Waals surface area (Å²) in [6.45, 7) is 2.66. The summed E-state index contributed by atoms with van der Waals surface area (Å²) in [5.74, 6) is 0.240. The highest BCUT2D eigenvalue weighted by molar-refractivity contribution is 6.07. The Kier molecular flexibility index (Phi) is 3.12. The quantitative estimate of drug-likeness (QED) is 0.841. The van der Waals surface area contributed by atoms with Crippen molar-refractivity contribution in [2.45, 2.75) is 32.4 Å². The molecule has 3 aliphatic rings. The van der Waals surface area contributed by atoms with Crippen molar-refractivity contribution in [1.82, 2.24) is 4.90 Å². The molecule has 116 valence electrons. The molecule has 2 atom stereocenters. The average molecular weight is 305 g/mol. The smallest absolute Gasteiger partial charge is 0.251 e. The maximum Gasteiger partial charge on any atom is 0.251 e. The van der Waals surface area contributed by atoms with Gasteiger partial charge >= 0.3 is 0 Å². The van der Waals surface area contributed by atoms with Gasteiger partial charge in [0.05, 0.1) is 0 Å². The van der Waals surface area contributed by atoms with Crippen molar-refractivity contribution in [3.05, 3.63) is 71.3 Å². The highest BCUT2D eigenvalue weighted by atomic mass is 16.2. The predicted molar refractivity (Wildman–Crippen MR) is 88.4 cm³/mol. The van der Waals surface area contributed by atoms with Gasteiger partial charge in [-0.05, 0) is 18.9 Å². The number of benzene rings is 1. The zero-order chi connectivity index (χ0) is 16.0. The van der Waals surface area contributed by atoms with Gasteiger partial charge in [0.2, 0.25) is 0 Å². The second-order valence-electron chi connectivity index (χ2n) is 6.64. The Morgan fingerprint density at radius 3 is 2.52 bits per heavy atom. The zero-order valence-corrected chi connectivity index (χ0v) is 13.2. The number of carbonyl (C=O) groups is 2. The van der Waals surface area contributed by atoms with Crippen LogP contribution in [0.25, 0.3) is 0 Å². The van der Waals surface area contributed by atoms with Crippen molar-refractivity contribution < 1.29 is 9.59 Å². The maximum absolute atomic E-state index is 13.0. The number of carbonyl (C=O) groups excluding carboxylic acids is 2. The third kappa shape index (κ3) is 1.96. The summed E-state index contributed by atoms with van der Waals surface area (Å²) in [5.41, 5.74) is 2.19. The van der Waals surface area contributed by atoms with Crippen molar-refractivity contribution in [2.75, 3.05) is 0 Å². The summed E-state index contributed by atoms with van der Waals surface area (Å²) >= 11 is 0. The van der Waals surface area contributed by atoms with E-state index in [-0.39, 0.29) is 17.7 Å². The van der Waals surface area contributed by atoms with Crippen LogP contribution in [0.5, 0.6) is 0 Å². The molecule has 0 bridgehead atoms. The summed E-state index contributed by atoms with van der Waals surface area (Å²) < 4.78 is 0. The van der Waals surface area contributed by atoms with Crippen LogP contribution in [0.2, 0.25) is 0 Å². The molecule has 3 nitrogen and oxygen atoms in total. The SMILES string of the molecule is C[C@@]12C3=CC=CC=C1C(=O)N(Cc1ccccc1)[C@@H]2CCC3=O. The summed E-state index contributed by atoms with van der Waals surface area (Å²) in [6, 6.07) is 10.1. The molecular weight excluding hydrogens is 286 g/mol. The third-order valence-corrected chi connectivity index (χ3v) is 5.43. The van der Waals surface area contributed by atoms with Crippen LogP contribution in [0, 0.1) is 5.41 Å². The molecule has 23 heavy (non-hydrogen) atoms. The fourth-order valence-electron chi connectivity index (χ4n) is 4.25. The van der Waals surface area contributed by atoms with Crippen LogP contribution < -0.4 is 0 Å². The molecule has 1 saturated heterocycles. The Hall–Kier alpha value is -2.42. The molecule has 1 heterocycles. The van der Waals surface area contributed by atoms with Gasteiger partial charge in [-0.1, -0.05) is 54.6 Å². The van der Waals surface area contributed by atoms with E-state index in [1.54, 1.807) is 0 Å². The molecule has 2 fully saturated rings. The fourth-order valence-corrected chi connectivity index (χ4v) is 4.25. The Morgan fingerprint density at radius 1 is 1.09 bits per heavy atom. The second kappa shape index (κ2) is 5.05. The lowest BCUT2D eigenvalue weighted by molar-refractivity contribution is -0.128. The Bertz CT molecular complexity index is 772. The molecule has 1 aromatic rings. The van der Waals surface area contributed by atoms with Crippen LogP contribution in [-0.2, 0) is 16.1 Å². The highest BCUT2D eigenvalue weighted by Gasteiger charge is 2.57. The Labute approximate surface area is 136 Å². The molecule has 1 aliphatic heterocycles. The van der Waals surface area contributed by atoms with Crippen molar-refractivity contribution in [2.24, 2.45) is 5.41 Å². The van der Waals surface area contributed by atoms with E-state index in [4.69, 9.17) is 0 Å². The van der Waals surface area contributed by atoms with Crippen LogP contribution in [0.1, 0.15) is 25.3 Å². The fraction of sp³-hybridized carbons (Fsp3) is 0.300. The van der Waals surface area contributed by atoms with Crippen molar-refractivity contribution in [3.8, 4) is 0 Å². The lowest BCUT2D eigenvalue weighted by atomic mass is 9.65. The average Bonchev–Trinajstić information content (AvgIpc) is 2.67. The van der Waals surface area contributed by atoms with Gasteiger partial charge in [-0.25, -0.2) is 0 Å². The second-order valence-corrected chi connectivity index (χ2v) is 6.64. The lowest BCUT2D eigenvalue weighted by Gasteiger charge is -2.40. The first kappa shape index (κ1) is 14.2. The first-order valence-electron chi connectivity index (χ1n) is 8.10. The van der Waals surface area contributed by atoms with E-state index in [9.17, 15) is 9.59 Å². The summed E-state index contributed by atoms with van der Waals surface area (Å²) in [5, 5.41) is 0. The van der Waals surface area contributed by atoms with Gasteiger partial charge in [0.25, 0.3) is 5.91 Å². The van der Waals surface area contributed by atoms with E-state index in [0.29, 0.717) is 13.0 Å². The van der Waals surface area contributed by atoms with Gasteiger partial charge in [-0.2, -0.15) is 0 Å². The van der Waals surface area contributed by atoms with E-state index in [2.05, 4.69) is 6.92 Å². The number of allylic oxidation sites excluding steroid dienone is 4. The maximum atomic E-state index is 13.0. The summed E-state index contributed by atoms with van der Waals surface area (Å²) in [7, 11) is 0. The monoisotopic (exact) mass is 305 g/mol. The van der Waals surface area contributed by atoms with Crippen molar-refractivity contribution in [3.63, 3.8) is 0 Å². The molecule has 0 N–H and O–H groups in total. The first-order chi connectivity index (χ1) is 11.1. The van der Waals surface area contributed by atoms with Gasteiger partial charge in [0.15, 0.2) is 5.78 Å². The van der Waals surface area contributed by atoms with Crippen LogP contribution in [0.15, 0.2) is 65.8 Å². The minimum Gasteiger partial charge on any atom is -0.330 e. The van der Waals surface area contributed by atoms with Crippen LogP contribution in [0.4, 0.5) is 0 Å². The molecule has 0 spiro atoms. The van der Waals surface area contributed by atoms with Crippen LogP contribution >= 0.6 is 0 Å². The van der Waals surface area contributed by atoms with E-state index in [1.807, 2.05) is 59.5 Å². The molecule has 2 aliphatic carbocycles. The van der Waals surface area contributed by atoms with Crippen molar-refractivity contribution in [1.29, 1.82) is 0 Å². The van der Waals surface area contributed by atoms with Gasteiger partial charge in [-0.15, -0.1) is 0 Å². The molecule has 1 saturated carbocycles. The number of nitrogens with zero attached hydrogens (tertiary/aromatic N) is 1. The molecule has 0 aromatic heterocycles. The standard InChI is InChI=1S/C20H19NO2/c1-20-15-9-5-6-10-16(20)19(23)21(18(20)12-11-17(15)22)13-14-7-3-2-4-8-14/h2-10,18H,11-13H2,1H3/t18-,20-/m1/s1. The number of likely N-dealkylation sites (tertiary alicyclic amines) is 1. The molecule has 0 radical (unpaired) electrons. The summed E-state index contributed by atoms with van der Waals surface area (Å²) in [6.07, 6.45) is 8.80. The Morgan fingerprint density at radius 2 is 1.78 bits per heavy atom. The Balaban J connectivity index is 1.79. The number of Topliss-reactive ketones (excluding diaryl/α,β-unsaturated/α-hetero) is 1.